The molecule has 0 heterocycles. The Balaban J connectivity index is -0.00000000600. The fourth-order valence-electron chi connectivity index (χ4n) is 0. The summed E-state index contributed by atoms with van der Waals surface area (Å²) >= 11 is 0. The molecule has 8 heteroatoms. The third-order valence-corrected chi connectivity index (χ3v) is 0. The van der Waals surface area contributed by atoms with Crippen molar-refractivity contribution in [2.75, 3.05) is 0 Å². The molecule has 0 aliphatic heterocycles. The van der Waals surface area contributed by atoms with E-state index in [0.29, 0.717) is 0 Å². The van der Waals surface area contributed by atoms with Crippen LogP contribution in [-0.4, -0.2) is 11.6 Å². The van der Waals surface area contributed by atoms with Crippen LogP contribution in [0.1, 0.15) is 27.7 Å². The summed E-state index contributed by atoms with van der Waals surface area (Å²) in [6, 6.07) is 0. The fraction of sp³-hybridized carbons (Fsp3) is 0.667. The lowest BCUT2D eigenvalue weighted by Gasteiger charge is -1.56. The predicted molar refractivity (Wildman–Crippen MR) is 47.7 cm³/mol. The summed E-state index contributed by atoms with van der Waals surface area (Å²) in [5, 5.41) is 0. The first-order valence-corrected chi connectivity index (χ1v) is 2.41. The van der Waals surface area contributed by atoms with Gasteiger partial charge >= 0.3 is 0 Å². The molecule has 2 nitrogen and oxygen atoms in total. The van der Waals surface area contributed by atoms with Crippen LogP contribution in [0.3, 0.4) is 0 Å². The average molecular weight is 236 g/mol. The summed E-state index contributed by atoms with van der Waals surface area (Å²) in [5.74, 6) is 0.333. The summed E-state index contributed by atoms with van der Waals surface area (Å²) in [6.45, 7) is 6.11. The smallest absolute Gasteiger partial charge is 0.126 e. The largest absolute Gasteiger partial charge is 0.300 e. The van der Waals surface area contributed by atoms with E-state index in [0.717, 1.165) is 0 Å². The van der Waals surface area contributed by atoms with Gasteiger partial charge in [-0.3, -0.25) is 28.2 Å². The quantitative estimate of drug-likeness (QED) is 0.603. The molecule has 0 aromatic heterocycles. The maximum Gasteiger partial charge on any atom is 0.126 e. The monoisotopic (exact) mass is 236 g/mol. The highest BCUT2D eigenvalue weighted by atomic mass is 19.0. The Bertz CT molecular complexity index is 78.3. The van der Waals surface area contributed by atoms with E-state index in [1.54, 1.807) is 0 Å². The van der Waals surface area contributed by atoms with E-state index in [2.05, 4.69) is 0 Å². The minimum absolute atomic E-state index is 0. The Hall–Kier alpha value is -1.08. The zero-order valence-corrected chi connectivity index (χ0v) is 8.27. The van der Waals surface area contributed by atoms with Crippen molar-refractivity contribution in [3.05, 3.63) is 0 Å². The fourth-order valence-corrected chi connectivity index (χ4v) is 0. The molecule has 0 radical (unpaired) electrons. The molecule has 0 aromatic carbocycles. The Morgan fingerprint density at radius 3 is 0.500 bits per heavy atom. The normalized spacial score (nSPS) is 3.71. The van der Waals surface area contributed by atoms with Gasteiger partial charge in [-0.1, -0.05) is 0 Å². The molecular formula is C6H18F6O2. The predicted octanol–water partition coefficient (Wildman–Crippen LogP) is 2.11. The van der Waals surface area contributed by atoms with E-state index in [4.69, 9.17) is 0 Å². The lowest BCUT2D eigenvalue weighted by molar-refractivity contribution is -0.115. The van der Waals surface area contributed by atoms with Crippen LogP contribution in [0.25, 0.3) is 0 Å². The van der Waals surface area contributed by atoms with E-state index in [1.807, 2.05) is 0 Å². The van der Waals surface area contributed by atoms with Crippen LogP contribution in [-0.2, 0) is 9.59 Å². The molecule has 0 fully saturated rings. The highest BCUT2D eigenvalue weighted by Gasteiger charge is 1.62. The maximum atomic E-state index is 9.44. The van der Waals surface area contributed by atoms with E-state index in [9.17, 15) is 9.59 Å². The van der Waals surface area contributed by atoms with Crippen LogP contribution < -0.4 is 0 Å². The molecule has 0 rings (SSSR count). The highest BCUT2D eigenvalue weighted by Crippen LogP contribution is 1.50. The van der Waals surface area contributed by atoms with Gasteiger partial charge < -0.3 is 9.59 Å². The van der Waals surface area contributed by atoms with Gasteiger partial charge in [0.05, 0.1) is 0 Å². The lowest BCUT2D eigenvalue weighted by Crippen LogP contribution is -1.69. The maximum absolute atomic E-state index is 9.44. The van der Waals surface area contributed by atoms with Gasteiger partial charge in [-0.2, -0.15) is 0 Å². The van der Waals surface area contributed by atoms with E-state index >= 15 is 0 Å². The van der Waals surface area contributed by atoms with E-state index < -0.39 is 0 Å². The lowest BCUT2D eigenvalue weighted by atomic mass is 10.6. The van der Waals surface area contributed by atoms with Crippen molar-refractivity contribution in [3.8, 4) is 0 Å². The van der Waals surface area contributed by atoms with Crippen molar-refractivity contribution in [1.29, 1.82) is 0 Å². The number of ketones is 2. The van der Waals surface area contributed by atoms with Crippen LogP contribution >= 0.6 is 0 Å². The number of halogens is 6. The molecule has 0 aromatic rings. The first kappa shape index (κ1) is 75.8. The standard InChI is InChI=1S/2C3H6O.6FH/c2*1-3(2)4;;;;;;/h2*1-2H3;6*1H. The van der Waals surface area contributed by atoms with Crippen molar-refractivity contribution in [3.63, 3.8) is 0 Å². The SMILES string of the molecule is CC(C)=O.CC(C)=O.F.F.F.F.F.F. The zero-order valence-electron chi connectivity index (χ0n) is 8.27. The van der Waals surface area contributed by atoms with Crippen LogP contribution in [0.2, 0.25) is 0 Å². The number of carbonyl (C=O) groups excluding carboxylic acids is 2. The first-order valence-electron chi connectivity index (χ1n) is 2.41. The summed E-state index contributed by atoms with van der Waals surface area (Å²) in [5.41, 5.74) is 0. The van der Waals surface area contributed by atoms with Gasteiger partial charge in [0.2, 0.25) is 0 Å². The van der Waals surface area contributed by atoms with Crippen LogP contribution in [0, 0.1) is 0 Å². The van der Waals surface area contributed by atoms with Gasteiger partial charge in [-0.05, 0) is 27.7 Å². The molecule has 0 unspecified atom stereocenters. The molecule has 0 aliphatic rings. The molecule has 0 amide bonds. The first-order chi connectivity index (χ1) is 3.46. The summed E-state index contributed by atoms with van der Waals surface area (Å²) < 4.78 is 0. The molecule has 0 spiro atoms. The topological polar surface area (TPSA) is 34.1 Å². The van der Waals surface area contributed by atoms with Crippen LogP contribution in [0.4, 0.5) is 28.2 Å². The van der Waals surface area contributed by atoms with Gasteiger partial charge in [0, 0.05) is 0 Å². The van der Waals surface area contributed by atoms with Crippen molar-refractivity contribution >= 4 is 11.6 Å². The van der Waals surface area contributed by atoms with Gasteiger partial charge in [0.1, 0.15) is 11.6 Å². The second kappa shape index (κ2) is 58.7. The minimum Gasteiger partial charge on any atom is -0.300 e. The molecule has 14 heavy (non-hydrogen) atoms. The molecule has 0 bridgehead atoms. The number of carbonyl (C=O) groups is 2. The summed E-state index contributed by atoms with van der Waals surface area (Å²) in [4.78, 5) is 18.9. The third-order valence-electron chi connectivity index (χ3n) is 0. The van der Waals surface area contributed by atoms with Crippen molar-refractivity contribution in [2.45, 2.75) is 27.7 Å². The van der Waals surface area contributed by atoms with Crippen molar-refractivity contribution in [2.24, 2.45) is 0 Å². The summed E-state index contributed by atoms with van der Waals surface area (Å²) in [6.07, 6.45) is 0. The number of hydrogen-bond donors (Lipinski definition) is 0. The van der Waals surface area contributed by atoms with Gasteiger partial charge in [-0.15, -0.1) is 0 Å². The van der Waals surface area contributed by atoms with Crippen LogP contribution in [0.15, 0.2) is 0 Å². The van der Waals surface area contributed by atoms with Crippen molar-refractivity contribution < 1.29 is 37.8 Å². The second-order valence-electron chi connectivity index (χ2n) is 1.82. The molecular weight excluding hydrogens is 218 g/mol. The molecule has 0 atom stereocenters. The second-order valence-corrected chi connectivity index (χ2v) is 1.82. The summed E-state index contributed by atoms with van der Waals surface area (Å²) in [7, 11) is 0. The van der Waals surface area contributed by atoms with Gasteiger partial charge in [0.25, 0.3) is 0 Å². The zero-order chi connectivity index (χ0) is 7.15. The highest BCUT2D eigenvalue weighted by molar-refractivity contribution is 5.72. The van der Waals surface area contributed by atoms with Gasteiger partial charge in [0.15, 0.2) is 0 Å². The van der Waals surface area contributed by atoms with Crippen LogP contribution in [0.5, 0.6) is 0 Å². The molecule has 0 saturated heterocycles. The molecule has 96 valence electrons. The van der Waals surface area contributed by atoms with Crippen molar-refractivity contribution in [1.82, 2.24) is 0 Å². The minimum atomic E-state index is 0. The Labute approximate surface area is 78.3 Å². The molecule has 0 N–H and O–H groups in total. The van der Waals surface area contributed by atoms with Gasteiger partial charge in [-0.25, -0.2) is 0 Å². The Morgan fingerprint density at radius 2 is 0.500 bits per heavy atom. The molecule has 0 saturated carbocycles. The van der Waals surface area contributed by atoms with E-state index in [1.165, 1.54) is 27.7 Å². The van der Waals surface area contributed by atoms with E-state index in [-0.39, 0.29) is 39.8 Å². The Morgan fingerprint density at radius 1 is 0.500 bits per heavy atom. The molecule has 0 aliphatic carbocycles. The third kappa shape index (κ3) is 921. The Kier molecular flexibility index (Phi) is 318. The average Bonchev–Trinajstić information content (AvgIpc) is 1.25. The number of Topliss-reactive ketones (excluding diaryl/α,β-unsaturated/α-hetero) is 2. The number of rotatable bonds is 0. The number of hydrogen-bond acceptors (Lipinski definition) is 2.